The summed E-state index contributed by atoms with van der Waals surface area (Å²) in [5, 5.41) is 7.04. The number of nitrogens with one attached hydrogen (secondary N) is 2. The summed E-state index contributed by atoms with van der Waals surface area (Å²) >= 11 is 0. The SMILES string of the molecule is CC(C)(C)C(NC(=O)c1ccc(-c2cnc3ncc(C4(c5cccc6cccnc56)CC4)n3c2)cn1)C(=O)NC1CC1. The molecule has 1 atom stereocenters. The van der Waals surface area contributed by atoms with Crippen LogP contribution in [0.1, 0.15) is 68.2 Å². The number of benzene rings is 1. The Morgan fingerprint density at radius 3 is 2.40 bits per heavy atom. The zero-order valence-corrected chi connectivity index (χ0v) is 24.0. The maximum absolute atomic E-state index is 13.1. The Kier molecular flexibility index (Phi) is 6.07. The summed E-state index contributed by atoms with van der Waals surface area (Å²) < 4.78 is 2.07. The smallest absolute Gasteiger partial charge is 0.270 e. The number of rotatable bonds is 7. The first-order valence-electron chi connectivity index (χ1n) is 14.5. The summed E-state index contributed by atoms with van der Waals surface area (Å²) in [6.45, 7) is 5.82. The van der Waals surface area contributed by atoms with Crippen molar-refractivity contribution in [1.29, 1.82) is 0 Å². The van der Waals surface area contributed by atoms with Gasteiger partial charge in [-0.1, -0.05) is 51.1 Å². The van der Waals surface area contributed by atoms with Gasteiger partial charge in [0.05, 0.1) is 17.4 Å². The molecular formula is C33H33N7O2. The fourth-order valence-electron chi connectivity index (χ4n) is 5.75. The first kappa shape index (κ1) is 26.3. The van der Waals surface area contributed by atoms with Gasteiger partial charge in [0.1, 0.15) is 11.7 Å². The zero-order valence-electron chi connectivity index (χ0n) is 24.0. The van der Waals surface area contributed by atoms with Gasteiger partial charge in [-0.25, -0.2) is 9.97 Å². The van der Waals surface area contributed by atoms with E-state index in [0.29, 0.717) is 5.78 Å². The second kappa shape index (κ2) is 9.72. The molecule has 9 nitrogen and oxygen atoms in total. The van der Waals surface area contributed by atoms with E-state index >= 15 is 0 Å². The van der Waals surface area contributed by atoms with Crippen LogP contribution in [0.5, 0.6) is 0 Å². The van der Waals surface area contributed by atoms with Crippen LogP contribution < -0.4 is 10.6 Å². The first-order chi connectivity index (χ1) is 20.2. The summed E-state index contributed by atoms with van der Waals surface area (Å²) in [5.74, 6) is 0.102. The molecule has 2 aliphatic carbocycles. The minimum atomic E-state index is -0.662. The molecule has 0 radical (unpaired) electrons. The molecular weight excluding hydrogens is 526 g/mol. The van der Waals surface area contributed by atoms with Gasteiger partial charge in [0.25, 0.3) is 5.91 Å². The minimum absolute atomic E-state index is 0.154. The van der Waals surface area contributed by atoms with Crippen molar-refractivity contribution in [1.82, 2.24) is 35.0 Å². The molecule has 9 heteroatoms. The van der Waals surface area contributed by atoms with Crippen LogP contribution in [-0.4, -0.2) is 48.2 Å². The maximum Gasteiger partial charge on any atom is 0.270 e. The molecule has 7 rings (SSSR count). The number of carbonyl (C=O) groups is 2. The third-order valence-corrected chi connectivity index (χ3v) is 8.41. The van der Waals surface area contributed by atoms with E-state index in [1.54, 1.807) is 18.5 Å². The van der Waals surface area contributed by atoms with E-state index in [-0.39, 0.29) is 29.0 Å². The highest BCUT2D eigenvalue weighted by Gasteiger charge is 2.49. The van der Waals surface area contributed by atoms with Gasteiger partial charge in [0, 0.05) is 52.8 Å². The maximum atomic E-state index is 13.1. The minimum Gasteiger partial charge on any atom is -0.352 e. The number of aromatic nitrogens is 5. The van der Waals surface area contributed by atoms with Crippen molar-refractivity contribution in [2.75, 3.05) is 0 Å². The van der Waals surface area contributed by atoms with Gasteiger partial charge in [-0.3, -0.25) is 24.0 Å². The van der Waals surface area contributed by atoms with Crippen LogP contribution in [-0.2, 0) is 10.2 Å². The standard InChI is InChI=1S/C33H33N7O2/c1-32(2,3)28(30(42)38-23-10-11-23)39-29(41)25-12-9-21(16-35-25)22-17-36-31-37-18-26(40(31)19-22)33(13-14-33)24-8-4-6-20-7-5-15-34-27(20)24/h4-9,12,15-19,23,28H,10-11,13-14H2,1-3H3,(H,38,42)(H,39,41). The highest BCUT2D eigenvalue weighted by atomic mass is 16.2. The third-order valence-electron chi connectivity index (χ3n) is 8.41. The molecule has 1 aromatic carbocycles. The molecule has 0 bridgehead atoms. The van der Waals surface area contributed by atoms with Crippen LogP contribution in [0.4, 0.5) is 0 Å². The number of fused-ring (bicyclic) bond motifs is 2. The fraction of sp³-hybridized carbons (Fsp3) is 0.333. The summed E-state index contributed by atoms with van der Waals surface area (Å²) in [6, 6.07) is 13.5. The highest BCUT2D eigenvalue weighted by molar-refractivity contribution is 5.96. The predicted octanol–water partition coefficient (Wildman–Crippen LogP) is 4.84. The van der Waals surface area contributed by atoms with Crippen molar-refractivity contribution >= 4 is 28.5 Å². The van der Waals surface area contributed by atoms with Gasteiger partial charge in [-0.05, 0) is 48.8 Å². The Morgan fingerprint density at radius 1 is 0.929 bits per heavy atom. The Bertz CT molecular complexity index is 1820. The molecule has 212 valence electrons. The summed E-state index contributed by atoms with van der Waals surface area (Å²) in [5.41, 5.74) is 4.66. The highest BCUT2D eigenvalue weighted by Crippen LogP contribution is 2.54. The Morgan fingerprint density at radius 2 is 1.69 bits per heavy atom. The molecule has 0 spiro atoms. The quantitative estimate of drug-likeness (QED) is 0.295. The number of hydrogen-bond acceptors (Lipinski definition) is 6. The molecule has 5 aromatic rings. The molecule has 42 heavy (non-hydrogen) atoms. The van der Waals surface area contributed by atoms with Crippen LogP contribution in [0.15, 0.2) is 73.4 Å². The van der Waals surface area contributed by atoms with Gasteiger partial charge >= 0.3 is 0 Å². The lowest BCUT2D eigenvalue weighted by Crippen LogP contribution is -2.54. The van der Waals surface area contributed by atoms with Crippen molar-refractivity contribution in [3.63, 3.8) is 0 Å². The zero-order chi connectivity index (χ0) is 29.1. The van der Waals surface area contributed by atoms with Crippen molar-refractivity contribution in [2.24, 2.45) is 5.41 Å². The molecule has 2 aliphatic rings. The Hall–Kier alpha value is -4.66. The van der Waals surface area contributed by atoms with E-state index in [2.05, 4.69) is 54.3 Å². The van der Waals surface area contributed by atoms with Crippen LogP contribution in [0.25, 0.3) is 27.8 Å². The summed E-state index contributed by atoms with van der Waals surface area (Å²) in [7, 11) is 0. The van der Waals surface area contributed by atoms with E-state index in [1.807, 2.05) is 51.5 Å². The van der Waals surface area contributed by atoms with Crippen molar-refractivity contribution in [3.05, 3.63) is 90.4 Å². The van der Waals surface area contributed by atoms with Crippen molar-refractivity contribution < 1.29 is 9.59 Å². The number of amides is 2. The molecule has 2 saturated carbocycles. The average Bonchev–Trinajstić information content (AvgIpc) is 3.93. The van der Waals surface area contributed by atoms with E-state index in [4.69, 9.17) is 4.98 Å². The molecule has 4 heterocycles. The Balaban J connectivity index is 1.16. The fourth-order valence-corrected chi connectivity index (χ4v) is 5.75. The van der Waals surface area contributed by atoms with E-state index in [0.717, 1.165) is 53.4 Å². The van der Waals surface area contributed by atoms with Gasteiger partial charge in [0.15, 0.2) is 0 Å². The van der Waals surface area contributed by atoms with E-state index in [9.17, 15) is 9.59 Å². The van der Waals surface area contributed by atoms with Gasteiger partial charge in [-0.2, -0.15) is 0 Å². The van der Waals surface area contributed by atoms with Crippen molar-refractivity contribution in [3.8, 4) is 11.1 Å². The second-order valence-corrected chi connectivity index (χ2v) is 12.6. The first-order valence-corrected chi connectivity index (χ1v) is 14.5. The molecule has 1 unspecified atom stereocenters. The lowest BCUT2D eigenvalue weighted by molar-refractivity contribution is -0.125. The Labute approximate surface area is 243 Å². The summed E-state index contributed by atoms with van der Waals surface area (Å²) in [4.78, 5) is 44.3. The molecule has 2 N–H and O–H groups in total. The molecule has 2 fully saturated rings. The van der Waals surface area contributed by atoms with Crippen LogP contribution >= 0.6 is 0 Å². The van der Waals surface area contributed by atoms with Gasteiger partial charge in [0.2, 0.25) is 11.7 Å². The predicted molar refractivity (Wildman–Crippen MR) is 160 cm³/mol. The molecule has 2 amide bonds. The largest absolute Gasteiger partial charge is 0.352 e. The lowest BCUT2D eigenvalue weighted by atomic mass is 9.86. The van der Waals surface area contributed by atoms with E-state index in [1.165, 1.54) is 5.56 Å². The normalized spacial score (nSPS) is 16.7. The van der Waals surface area contributed by atoms with Crippen LogP contribution in [0.2, 0.25) is 0 Å². The van der Waals surface area contributed by atoms with E-state index < -0.39 is 11.5 Å². The molecule has 0 saturated heterocycles. The van der Waals surface area contributed by atoms with Gasteiger partial charge in [-0.15, -0.1) is 0 Å². The number of imidazole rings is 1. The number of para-hydroxylation sites is 1. The molecule has 4 aromatic heterocycles. The number of nitrogens with zero attached hydrogens (tertiary/aromatic N) is 5. The number of carbonyl (C=O) groups excluding carboxylic acids is 2. The summed E-state index contributed by atoms with van der Waals surface area (Å²) in [6.07, 6.45) is 13.3. The average molecular weight is 560 g/mol. The number of hydrogen-bond donors (Lipinski definition) is 2. The monoisotopic (exact) mass is 559 g/mol. The van der Waals surface area contributed by atoms with Crippen LogP contribution in [0, 0.1) is 5.41 Å². The van der Waals surface area contributed by atoms with Crippen molar-refractivity contribution in [2.45, 2.75) is 64.0 Å². The lowest BCUT2D eigenvalue weighted by Gasteiger charge is -2.30. The second-order valence-electron chi connectivity index (χ2n) is 12.6. The topological polar surface area (TPSA) is 114 Å². The third kappa shape index (κ3) is 4.68. The number of pyridine rings is 2. The molecule has 0 aliphatic heterocycles. The van der Waals surface area contributed by atoms with Crippen LogP contribution in [0.3, 0.4) is 0 Å². The van der Waals surface area contributed by atoms with Gasteiger partial charge < -0.3 is 10.6 Å².